The van der Waals surface area contributed by atoms with Gasteiger partial charge in [0.25, 0.3) is 0 Å². The third kappa shape index (κ3) is 3.48. The van der Waals surface area contributed by atoms with Gasteiger partial charge in [0.05, 0.1) is 26.4 Å². The average molecular weight is 381 g/mol. The third-order valence-corrected chi connectivity index (χ3v) is 4.55. The van der Waals surface area contributed by atoms with Crippen molar-refractivity contribution >= 4 is 12.0 Å². The number of carbonyl (C=O) groups is 1. The van der Waals surface area contributed by atoms with Gasteiger partial charge in [0.15, 0.2) is 17.3 Å². The van der Waals surface area contributed by atoms with E-state index in [9.17, 15) is 4.79 Å². The van der Waals surface area contributed by atoms with E-state index in [1.165, 1.54) is 0 Å². The van der Waals surface area contributed by atoms with Gasteiger partial charge in [0.1, 0.15) is 0 Å². The molecule has 0 bridgehead atoms. The summed E-state index contributed by atoms with van der Waals surface area (Å²) in [6, 6.07) is 9.01. The highest BCUT2D eigenvalue weighted by Gasteiger charge is 2.35. The number of rotatable bonds is 6. The molecule has 0 unspecified atom stereocenters. The molecule has 1 amide bonds. The second kappa shape index (κ2) is 7.59. The molecule has 1 aliphatic rings. The van der Waals surface area contributed by atoms with Crippen molar-refractivity contribution in [3.05, 3.63) is 54.1 Å². The molecule has 0 aliphatic carbocycles. The molecule has 3 aromatic rings. The molecule has 0 N–H and O–H groups in total. The number of furan rings is 1. The largest absolute Gasteiger partial charge is 0.493 e. The van der Waals surface area contributed by atoms with Crippen molar-refractivity contribution in [2.45, 2.75) is 5.92 Å². The van der Waals surface area contributed by atoms with Crippen LogP contribution in [-0.4, -0.2) is 48.3 Å². The first-order valence-corrected chi connectivity index (χ1v) is 8.74. The summed E-state index contributed by atoms with van der Waals surface area (Å²) in [4.78, 5) is 18.4. The highest BCUT2D eigenvalue weighted by molar-refractivity contribution is 5.92. The molecule has 0 radical (unpaired) electrons. The Bertz CT molecular complexity index is 987. The summed E-state index contributed by atoms with van der Waals surface area (Å²) in [7, 11) is 3.16. The van der Waals surface area contributed by atoms with Gasteiger partial charge < -0.3 is 23.3 Å². The Hall–Kier alpha value is -3.55. The molecule has 0 spiro atoms. The van der Waals surface area contributed by atoms with E-state index < -0.39 is 0 Å². The molecule has 144 valence electrons. The molecule has 8 nitrogen and oxygen atoms in total. The van der Waals surface area contributed by atoms with Crippen molar-refractivity contribution in [3.63, 3.8) is 0 Å². The number of benzene rings is 1. The molecule has 28 heavy (non-hydrogen) atoms. The molecule has 1 aliphatic heterocycles. The summed E-state index contributed by atoms with van der Waals surface area (Å²) >= 11 is 0. The number of hydrogen-bond donors (Lipinski definition) is 0. The highest BCUT2D eigenvalue weighted by atomic mass is 16.5. The molecule has 1 aromatic carbocycles. The van der Waals surface area contributed by atoms with Crippen LogP contribution >= 0.6 is 0 Å². The fourth-order valence-corrected chi connectivity index (χ4v) is 2.95. The molecular formula is C20H19N3O5. The van der Waals surface area contributed by atoms with Crippen LogP contribution in [0.2, 0.25) is 0 Å². The molecule has 2 aromatic heterocycles. The Morgan fingerprint density at radius 1 is 1.21 bits per heavy atom. The summed E-state index contributed by atoms with van der Waals surface area (Å²) in [5.41, 5.74) is 0.850. The van der Waals surface area contributed by atoms with Crippen LogP contribution in [0.1, 0.15) is 17.4 Å². The van der Waals surface area contributed by atoms with E-state index >= 15 is 0 Å². The lowest BCUT2D eigenvalue weighted by molar-refractivity contribution is -0.130. The smallest absolute Gasteiger partial charge is 0.246 e. The van der Waals surface area contributed by atoms with Crippen LogP contribution in [0.15, 0.2) is 51.6 Å². The second-order valence-corrected chi connectivity index (χ2v) is 6.32. The number of ether oxygens (including phenoxy) is 2. The first kappa shape index (κ1) is 17.8. The predicted molar refractivity (Wildman–Crippen MR) is 99.9 cm³/mol. The SMILES string of the molecule is COc1ccc(/C=C/C(=O)N2CC(c3nc(-c4ccco4)no3)C2)cc1OC. The van der Waals surface area contributed by atoms with E-state index in [0.717, 1.165) is 5.56 Å². The lowest BCUT2D eigenvalue weighted by atomic mass is 10.00. The van der Waals surface area contributed by atoms with Crippen LogP contribution in [0.3, 0.4) is 0 Å². The van der Waals surface area contributed by atoms with Crippen molar-refractivity contribution < 1.29 is 23.2 Å². The number of amides is 1. The van der Waals surface area contributed by atoms with E-state index in [0.29, 0.717) is 42.1 Å². The van der Waals surface area contributed by atoms with Crippen molar-refractivity contribution in [1.82, 2.24) is 15.0 Å². The first-order valence-electron chi connectivity index (χ1n) is 8.74. The monoisotopic (exact) mass is 381 g/mol. The second-order valence-electron chi connectivity index (χ2n) is 6.32. The maximum Gasteiger partial charge on any atom is 0.246 e. The van der Waals surface area contributed by atoms with Crippen molar-refractivity contribution in [2.24, 2.45) is 0 Å². The molecule has 8 heteroatoms. The third-order valence-electron chi connectivity index (χ3n) is 4.55. The number of carbonyl (C=O) groups excluding carboxylic acids is 1. The van der Waals surface area contributed by atoms with Crippen molar-refractivity contribution in [2.75, 3.05) is 27.3 Å². The molecule has 4 rings (SSSR count). The van der Waals surface area contributed by atoms with Crippen LogP contribution in [0, 0.1) is 0 Å². The maximum atomic E-state index is 12.3. The fraction of sp³-hybridized carbons (Fsp3) is 0.250. The van der Waals surface area contributed by atoms with Crippen LogP contribution in [-0.2, 0) is 4.79 Å². The van der Waals surface area contributed by atoms with Gasteiger partial charge in [-0.25, -0.2) is 0 Å². The number of nitrogens with zero attached hydrogens (tertiary/aromatic N) is 3. The summed E-state index contributed by atoms with van der Waals surface area (Å²) in [6.45, 7) is 1.07. The summed E-state index contributed by atoms with van der Waals surface area (Å²) < 4.78 is 21.0. The van der Waals surface area contributed by atoms with Crippen LogP contribution in [0.25, 0.3) is 17.7 Å². The molecule has 1 fully saturated rings. The molecule has 0 saturated carbocycles. The number of aromatic nitrogens is 2. The quantitative estimate of drug-likeness (QED) is 0.606. The first-order chi connectivity index (χ1) is 13.7. The zero-order valence-electron chi connectivity index (χ0n) is 15.5. The Balaban J connectivity index is 1.34. The van der Waals surface area contributed by atoms with Crippen LogP contribution < -0.4 is 9.47 Å². The van der Waals surface area contributed by atoms with Gasteiger partial charge in [0.2, 0.25) is 17.6 Å². The van der Waals surface area contributed by atoms with Crippen LogP contribution in [0.4, 0.5) is 0 Å². The minimum Gasteiger partial charge on any atom is -0.493 e. The van der Waals surface area contributed by atoms with Crippen LogP contribution in [0.5, 0.6) is 11.5 Å². The standard InChI is InChI=1S/C20H19N3O5/c1-25-15-7-5-13(10-17(15)26-2)6-8-18(24)23-11-14(12-23)20-21-19(22-28-20)16-4-3-9-27-16/h3-10,14H,11-12H2,1-2H3/b8-6+. The van der Waals surface area contributed by atoms with E-state index in [1.54, 1.807) is 55.7 Å². The Labute approximate surface area is 161 Å². The Morgan fingerprint density at radius 2 is 2.04 bits per heavy atom. The zero-order chi connectivity index (χ0) is 19.5. The lowest BCUT2D eigenvalue weighted by Gasteiger charge is -2.36. The zero-order valence-corrected chi connectivity index (χ0v) is 15.5. The van der Waals surface area contributed by atoms with E-state index in [1.807, 2.05) is 12.1 Å². The van der Waals surface area contributed by atoms with Gasteiger partial charge in [-0.15, -0.1) is 0 Å². The minimum absolute atomic E-state index is 0.0367. The number of likely N-dealkylation sites (tertiary alicyclic amines) is 1. The minimum atomic E-state index is -0.0724. The van der Waals surface area contributed by atoms with Crippen molar-refractivity contribution in [3.8, 4) is 23.1 Å². The topological polar surface area (TPSA) is 90.8 Å². The lowest BCUT2D eigenvalue weighted by Crippen LogP contribution is -2.47. The Morgan fingerprint density at radius 3 is 2.75 bits per heavy atom. The normalized spacial score (nSPS) is 14.3. The molecule has 0 atom stereocenters. The van der Waals surface area contributed by atoms with E-state index in [2.05, 4.69) is 10.1 Å². The van der Waals surface area contributed by atoms with Gasteiger partial charge >= 0.3 is 0 Å². The Kier molecular flexibility index (Phi) is 4.84. The predicted octanol–water partition coefficient (Wildman–Crippen LogP) is 2.99. The van der Waals surface area contributed by atoms with E-state index in [4.69, 9.17) is 18.4 Å². The van der Waals surface area contributed by atoms with Gasteiger partial charge in [-0.3, -0.25) is 4.79 Å². The molecular weight excluding hydrogens is 362 g/mol. The van der Waals surface area contributed by atoms with Gasteiger partial charge in [-0.1, -0.05) is 11.2 Å². The van der Waals surface area contributed by atoms with Crippen molar-refractivity contribution in [1.29, 1.82) is 0 Å². The van der Waals surface area contributed by atoms with Gasteiger partial charge in [-0.05, 0) is 35.9 Å². The highest BCUT2D eigenvalue weighted by Crippen LogP contribution is 2.29. The summed E-state index contributed by atoms with van der Waals surface area (Å²) in [5.74, 6) is 2.71. The summed E-state index contributed by atoms with van der Waals surface area (Å²) in [6.07, 6.45) is 4.85. The average Bonchev–Trinajstić information content (AvgIpc) is 3.36. The van der Waals surface area contributed by atoms with Gasteiger partial charge in [-0.2, -0.15) is 4.98 Å². The van der Waals surface area contributed by atoms with Gasteiger partial charge in [0, 0.05) is 19.2 Å². The number of methoxy groups -OCH3 is 2. The maximum absolute atomic E-state index is 12.3. The molecule has 3 heterocycles. The molecule has 1 saturated heterocycles. The summed E-state index contributed by atoms with van der Waals surface area (Å²) in [5, 5.41) is 3.92. The number of hydrogen-bond acceptors (Lipinski definition) is 7. The van der Waals surface area contributed by atoms with E-state index in [-0.39, 0.29) is 11.8 Å². The fourth-order valence-electron chi connectivity index (χ4n) is 2.95.